The summed E-state index contributed by atoms with van der Waals surface area (Å²) < 4.78 is 6.48. The molecule has 0 amide bonds. The van der Waals surface area contributed by atoms with Gasteiger partial charge in [0.05, 0.1) is 11.7 Å². The first kappa shape index (κ1) is 14.5. The van der Waals surface area contributed by atoms with Crippen LogP contribution < -0.4 is 0 Å². The molecule has 114 valence electrons. The van der Waals surface area contributed by atoms with E-state index < -0.39 is 0 Å². The van der Waals surface area contributed by atoms with Gasteiger partial charge in [0.15, 0.2) is 0 Å². The van der Waals surface area contributed by atoms with Gasteiger partial charge in [-0.15, -0.1) is 0 Å². The van der Waals surface area contributed by atoms with Gasteiger partial charge >= 0.3 is 0 Å². The molecule has 2 heterocycles. The zero-order valence-electron chi connectivity index (χ0n) is 12.9. The molecule has 0 aromatic carbocycles. The SMILES string of the molecule is CC(=O)CC1CCCN1CC1CCC2(CCCCC2)O1. The summed E-state index contributed by atoms with van der Waals surface area (Å²) >= 11 is 0. The number of nitrogens with zero attached hydrogens (tertiary/aromatic N) is 1. The summed E-state index contributed by atoms with van der Waals surface area (Å²) in [5.41, 5.74) is 0.235. The van der Waals surface area contributed by atoms with Crippen LogP contribution in [-0.4, -0.2) is 41.5 Å². The van der Waals surface area contributed by atoms with E-state index in [9.17, 15) is 4.79 Å². The van der Waals surface area contributed by atoms with E-state index >= 15 is 0 Å². The van der Waals surface area contributed by atoms with E-state index in [1.807, 2.05) is 0 Å². The van der Waals surface area contributed by atoms with Crippen LogP contribution in [0.4, 0.5) is 0 Å². The lowest BCUT2D eigenvalue weighted by Gasteiger charge is -2.34. The van der Waals surface area contributed by atoms with Crippen LogP contribution >= 0.6 is 0 Å². The lowest BCUT2D eigenvalue weighted by molar-refractivity contribution is -0.118. The van der Waals surface area contributed by atoms with Gasteiger partial charge in [-0.25, -0.2) is 0 Å². The monoisotopic (exact) mass is 279 g/mol. The van der Waals surface area contributed by atoms with E-state index in [-0.39, 0.29) is 5.60 Å². The molecule has 2 aliphatic heterocycles. The molecule has 0 radical (unpaired) electrons. The zero-order chi connectivity index (χ0) is 14.0. The second-order valence-electron chi connectivity index (χ2n) is 7.22. The number of ether oxygens (including phenoxy) is 1. The number of hydrogen-bond acceptors (Lipinski definition) is 3. The smallest absolute Gasteiger partial charge is 0.131 e. The standard InChI is InChI=1S/C17H29NO2/c1-14(19)12-15-6-5-11-18(15)13-16-7-10-17(20-16)8-3-2-4-9-17/h15-16H,2-13H2,1H3. The molecule has 2 saturated heterocycles. The summed E-state index contributed by atoms with van der Waals surface area (Å²) in [4.78, 5) is 13.9. The van der Waals surface area contributed by atoms with E-state index in [1.165, 1.54) is 57.8 Å². The Hall–Kier alpha value is -0.410. The first-order valence-corrected chi connectivity index (χ1v) is 8.58. The molecule has 0 aromatic rings. The zero-order valence-corrected chi connectivity index (χ0v) is 12.9. The highest BCUT2D eigenvalue weighted by atomic mass is 16.5. The predicted octanol–water partition coefficient (Wildman–Crippen LogP) is 3.31. The van der Waals surface area contributed by atoms with Gasteiger partial charge in [0, 0.05) is 19.0 Å². The molecule has 1 spiro atoms. The molecule has 3 heteroatoms. The first-order valence-electron chi connectivity index (χ1n) is 8.58. The van der Waals surface area contributed by atoms with E-state index in [4.69, 9.17) is 4.74 Å². The van der Waals surface area contributed by atoms with Crippen molar-refractivity contribution in [1.82, 2.24) is 4.90 Å². The van der Waals surface area contributed by atoms with E-state index in [1.54, 1.807) is 6.92 Å². The van der Waals surface area contributed by atoms with Gasteiger partial charge < -0.3 is 4.74 Å². The van der Waals surface area contributed by atoms with Crippen LogP contribution in [0.1, 0.15) is 71.1 Å². The molecule has 20 heavy (non-hydrogen) atoms. The predicted molar refractivity (Wildman–Crippen MR) is 79.8 cm³/mol. The summed E-state index contributed by atoms with van der Waals surface area (Å²) in [6.45, 7) is 3.93. The molecule has 3 aliphatic rings. The molecule has 1 aliphatic carbocycles. The van der Waals surface area contributed by atoms with Gasteiger partial charge in [-0.3, -0.25) is 9.69 Å². The van der Waals surface area contributed by atoms with Crippen molar-refractivity contribution in [2.24, 2.45) is 0 Å². The average Bonchev–Trinajstić information content (AvgIpc) is 2.99. The minimum absolute atomic E-state index is 0.235. The number of ketones is 1. The van der Waals surface area contributed by atoms with Crippen molar-refractivity contribution < 1.29 is 9.53 Å². The lowest BCUT2D eigenvalue weighted by atomic mass is 9.83. The van der Waals surface area contributed by atoms with Crippen molar-refractivity contribution in [1.29, 1.82) is 0 Å². The fraction of sp³-hybridized carbons (Fsp3) is 0.941. The van der Waals surface area contributed by atoms with Gasteiger partial charge in [-0.1, -0.05) is 19.3 Å². The van der Waals surface area contributed by atoms with Crippen LogP contribution in [0.15, 0.2) is 0 Å². The van der Waals surface area contributed by atoms with Crippen molar-refractivity contribution >= 4 is 5.78 Å². The maximum atomic E-state index is 11.4. The minimum Gasteiger partial charge on any atom is -0.370 e. The summed E-state index contributed by atoms with van der Waals surface area (Å²) in [7, 11) is 0. The second kappa shape index (κ2) is 6.15. The van der Waals surface area contributed by atoms with Crippen molar-refractivity contribution in [2.75, 3.05) is 13.1 Å². The molecule has 0 N–H and O–H groups in total. The van der Waals surface area contributed by atoms with E-state index in [0.29, 0.717) is 17.9 Å². The highest BCUT2D eigenvalue weighted by Gasteiger charge is 2.42. The lowest BCUT2D eigenvalue weighted by Crippen LogP contribution is -2.39. The van der Waals surface area contributed by atoms with Crippen molar-refractivity contribution in [3.63, 3.8) is 0 Å². The van der Waals surface area contributed by atoms with Crippen LogP contribution in [0.2, 0.25) is 0 Å². The summed E-state index contributed by atoms with van der Waals surface area (Å²) in [5, 5.41) is 0. The van der Waals surface area contributed by atoms with Crippen LogP contribution in [0.25, 0.3) is 0 Å². The fourth-order valence-electron chi connectivity index (χ4n) is 4.55. The second-order valence-corrected chi connectivity index (χ2v) is 7.22. The molecule has 2 atom stereocenters. The van der Waals surface area contributed by atoms with Crippen LogP contribution in [-0.2, 0) is 9.53 Å². The first-order chi connectivity index (χ1) is 9.67. The van der Waals surface area contributed by atoms with Crippen molar-refractivity contribution in [3.05, 3.63) is 0 Å². The molecular formula is C17H29NO2. The molecule has 0 bridgehead atoms. The molecule has 1 saturated carbocycles. The van der Waals surface area contributed by atoms with Gasteiger partial charge in [-0.2, -0.15) is 0 Å². The van der Waals surface area contributed by atoms with E-state index in [2.05, 4.69) is 4.90 Å². The quantitative estimate of drug-likeness (QED) is 0.790. The van der Waals surface area contributed by atoms with E-state index in [0.717, 1.165) is 19.5 Å². The third-order valence-corrected chi connectivity index (χ3v) is 5.56. The number of carbonyl (C=O) groups excluding carboxylic acids is 1. The Balaban J connectivity index is 1.52. The Kier molecular flexibility index (Phi) is 4.46. The number of carbonyl (C=O) groups is 1. The number of rotatable bonds is 4. The highest BCUT2D eigenvalue weighted by molar-refractivity contribution is 5.76. The molecule has 3 nitrogen and oxygen atoms in total. The molecule has 2 unspecified atom stereocenters. The largest absolute Gasteiger partial charge is 0.370 e. The maximum absolute atomic E-state index is 11.4. The Morgan fingerprint density at radius 1 is 1.15 bits per heavy atom. The van der Waals surface area contributed by atoms with Gasteiger partial charge in [-0.05, 0) is 52.0 Å². The van der Waals surface area contributed by atoms with Crippen LogP contribution in [0, 0.1) is 0 Å². The fourth-order valence-corrected chi connectivity index (χ4v) is 4.55. The number of Topliss-reactive ketones (excluding diaryl/α,β-unsaturated/α-hetero) is 1. The average molecular weight is 279 g/mol. The highest BCUT2D eigenvalue weighted by Crippen LogP contribution is 2.42. The maximum Gasteiger partial charge on any atom is 0.131 e. The Labute approximate surface area is 123 Å². The van der Waals surface area contributed by atoms with Crippen LogP contribution in [0.5, 0.6) is 0 Å². The Bertz CT molecular complexity index is 349. The molecular weight excluding hydrogens is 250 g/mol. The number of hydrogen-bond donors (Lipinski definition) is 0. The summed E-state index contributed by atoms with van der Waals surface area (Å²) in [6.07, 6.45) is 12.7. The normalized spacial score (nSPS) is 33.9. The van der Waals surface area contributed by atoms with Crippen molar-refractivity contribution in [3.8, 4) is 0 Å². The topological polar surface area (TPSA) is 29.5 Å². The number of likely N-dealkylation sites (tertiary alicyclic amines) is 1. The van der Waals surface area contributed by atoms with Gasteiger partial charge in [0.25, 0.3) is 0 Å². The van der Waals surface area contributed by atoms with Crippen LogP contribution in [0.3, 0.4) is 0 Å². The van der Waals surface area contributed by atoms with Gasteiger partial charge in [0.1, 0.15) is 5.78 Å². The minimum atomic E-state index is 0.235. The Morgan fingerprint density at radius 3 is 2.70 bits per heavy atom. The van der Waals surface area contributed by atoms with Gasteiger partial charge in [0.2, 0.25) is 0 Å². The molecule has 3 fully saturated rings. The van der Waals surface area contributed by atoms with Crippen molar-refractivity contribution in [2.45, 2.75) is 88.9 Å². The third kappa shape index (κ3) is 3.25. The summed E-state index contributed by atoms with van der Waals surface area (Å²) in [6, 6.07) is 0.485. The molecule has 3 rings (SSSR count). The molecule has 0 aromatic heterocycles. The third-order valence-electron chi connectivity index (χ3n) is 5.56. The Morgan fingerprint density at radius 2 is 1.95 bits per heavy atom. The summed E-state index contributed by atoms with van der Waals surface area (Å²) in [5.74, 6) is 0.331.